The number of nitrogens with one attached hydrogen (secondary N) is 2. The summed E-state index contributed by atoms with van der Waals surface area (Å²) < 4.78 is 5.14. The topological polar surface area (TPSA) is 108 Å². The van der Waals surface area contributed by atoms with Gasteiger partial charge in [0.25, 0.3) is 5.91 Å². The van der Waals surface area contributed by atoms with Crippen LogP contribution in [0.5, 0.6) is 11.5 Å². The number of carbonyl (C=O) groups excluding carboxylic acids is 2. The highest BCUT2D eigenvalue weighted by molar-refractivity contribution is 5.99. The normalized spacial score (nSPS) is 13.9. The molecular weight excluding hydrogens is 372 g/mol. The first kappa shape index (κ1) is 18.8. The summed E-state index contributed by atoms with van der Waals surface area (Å²) in [5, 5.41) is 20.9. The number of amides is 2. The minimum absolute atomic E-state index is 0.0318. The number of likely N-dealkylation sites (tertiary alicyclic amines) is 1. The molecule has 1 aliphatic heterocycles. The summed E-state index contributed by atoms with van der Waals surface area (Å²) in [6.45, 7) is 1.60. The number of ether oxygens (including phenoxy) is 1. The van der Waals surface area contributed by atoms with Crippen LogP contribution in [0.1, 0.15) is 16.1 Å². The molecular formula is C21H22N4O4. The third-order valence-electron chi connectivity index (χ3n) is 5.18. The van der Waals surface area contributed by atoms with E-state index in [-0.39, 0.29) is 29.6 Å². The van der Waals surface area contributed by atoms with Gasteiger partial charge in [-0.05, 0) is 18.2 Å². The molecule has 3 N–H and O–H groups in total. The van der Waals surface area contributed by atoms with E-state index < -0.39 is 5.91 Å². The first-order valence-corrected chi connectivity index (χ1v) is 9.40. The Kier molecular flexibility index (Phi) is 5.07. The van der Waals surface area contributed by atoms with Gasteiger partial charge in [-0.1, -0.05) is 24.3 Å². The molecule has 0 saturated carbocycles. The Morgan fingerprint density at radius 1 is 1.24 bits per heavy atom. The van der Waals surface area contributed by atoms with Crippen LogP contribution in [-0.4, -0.2) is 58.8 Å². The highest BCUT2D eigenvalue weighted by atomic mass is 16.5. The maximum Gasteiger partial charge on any atom is 0.258 e. The Bertz CT molecular complexity index is 1060. The highest BCUT2D eigenvalue weighted by Crippen LogP contribution is 2.27. The fraction of sp³-hybridized carbons (Fsp3) is 0.286. The van der Waals surface area contributed by atoms with Gasteiger partial charge >= 0.3 is 0 Å². The summed E-state index contributed by atoms with van der Waals surface area (Å²) in [5.41, 5.74) is 1.78. The Labute approximate surface area is 167 Å². The first-order valence-electron chi connectivity index (χ1n) is 9.40. The zero-order chi connectivity index (χ0) is 20.4. The van der Waals surface area contributed by atoms with Gasteiger partial charge in [-0.15, -0.1) is 0 Å². The van der Waals surface area contributed by atoms with E-state index in [1.807, 2.05) is 24.3 Å². The maximum absolute atomic E-state index is 12.5. The largest absolute Gasteiger partial charge is 0.507 e. The summed E-state index contributed by atoms with van der Waals surface area (Å²) in [6.07, 6.45) is 0.272. The van der Waals surface area contributed by atoms with Crippen molar-refractivity contribution >= 4 is 22.7 Å². The van der Waals surface area contributed by atoms with Crippen molar-refractivity contribution in [1.82, 2.24) is 20.4 Å². The summed E-state index contributed by atoms with van der Waals surface area (Å²) in [7, 11) is 1.45. The minimum Gasteiger partial charge on any atom is -0.507 e. The molecule has 4 rings (SSSR count). The fourth-order valence-corrected chi connectivity index (χ4v) is 3.56. The molecule has 0 unspecified atom stereocenters. The van der Waals surface area contributed by atoms with Crippen LogP contribution in [-0.2, 0) is 11.2 Å². The quantitative estimate of drug-likeness (QED) is 0.590. The number of aromatic nitrogens is 2. The molecule has 1 fully saturated rings. The van der Waals surface area contributed by atoms with E-state index in [1.165, 1.54) is 13.2 Å². The van der Waals surface area contributed by atoms with Crippen LogP contribution in [0.15, 0.2) is 42.5 Å². The van der Waals surface area contributed by atoms with Gasteiger partial charge in [0, 0.05) is 30.9 Å². The van der Waals surface area contributed by atoms with Crippen molar-refractivity contribution in [2.75, 3.05) is 26.7 Å². The number of carbonyl (C=O) groups is 2. The monoisotopic (exact) mass is 394 g/mol. The van der Waals surface area contributed by atoms with Crippen LogP contribution in [0.3, 0.4) is 0 Å². The van der Waals surface area contributed by atoms with Crippen molar-refractivity contribution < 1.29 is 19.4 Å². The van der Waals surface area contributed by atoms with E-state index in [2.05, 4.69) is 15.5 Å². The van der Waals surface area contributed by atoms with Crippen LogP contribution >= 0.6 is 0 Å². The molecule has 3 aromatic rings. The van der Waals surface area contributed by atoms with Gasteiger partial charge in [-0.3, -0.25) is 14.7 Å². The standard InChI is InChI=1S/C21H22N4O4/c1-29-18-8-4-7-17(26)20(18)21(28)22-10-13-11-25(12-13)19(27)9-16-14-5-2-3-6-15(14)23-24-16/h2-8,13,26H,9-12H2,1H3,(H,22,28)(H,23,24). The molecule has 8 nitrogen and oxygen atoms in total. The number of aromatic amines is 1. The summed E-state index contributed by atoms with van der Waals surface area (Å²) >= 11 is 0. The lowest BCUT2D eigenvalue weighted by molar-refractivity contribution is -0.136. The van der Waals surface area contributed by atoms with Crippen molar-refractivity contribution in [3.05, 3.63) is 53.7 Å². The van der Waals surface area contributed by atoms with Crippen LogP contribution in [0, 0.1) is 5.92 Å². The number of H-pyrrole nitrogens is 1. The molecule has 1 aromatic heterocycles. The zero-order valence-corrected chi connectivity index (χ0v) is 16.0. The number of methoxy groups -OCH3 is 1. The molecule has 2 amide bonds. The number of para-hydroxylation sites is 1. The molecule has 150 valence electrons. The number of phenolic OH excluding ortho intramolecular Hbond substituents is 1. The van der Waals surface area contributed by atoms with Gasteiger partial charge in [0.05, 0.1) is 24.7 Å². The number of fused-ring (bicyclic) bond motifs is 1. The van der Waals surface area contributed by atoms with Gasteiger partial charge < -0.3 is 20.1 Å². The van der Waals surface area contributed by atoms with E-state index in [9.17, 15) is 14.7 Å². The lowest BCUT2D eigenvalue weighted by Crippen LogP contribution is -2.54. The molecule has 0 aliphatic carbocycles. The van der Waals surface area contributed by atoms with E-state index in [1.54, 1.807) is 17.0 Å². The van der Waals surface area contributed by atoms with Crippen molar-refractivity contribution in [3.63, 3.8) is 0 Å². The minimum atomic E-state index is -0.395. The van der Waals surface area contributed by atoms with E-state index in [0.29, 0.717) is 25.4 Å². The molecule has 0 spiro atoms. The molecule has 0 atom stereocenters. The third-order valence-corrected chi connectivity index (χ3v) is 5.18. The number of benzene rings is 2. The van der Waals surface area contributed by atoms with Crippen LogP contribution in [0.4, 0.5) is 0 Å². The summed E-state index contributed by atoms with van der Waals surface area (Å²) in [5.74, 6) is 0.00927. The van der Waals surface area contributed by atoms with Crippen molar-refractivity contribution in [3.8, 4) is 11.5 Å². The van der Waals surface area contributed by atoms with Crippen molar-refractivity contribution in [2.45, 2.75) is 6.42 Å². The molecule has 0 radical (unpaired) electrons. The average molecular weight is 394 g/mol. The number of hydrogen-bond donors (Lipinski definition) is 3. The zero-order valence-electron chi connectivity index (χ0n) is 16.0. The number of aromatic hydroxyl groups is 1. The Balaban J connectivity index is 1.28. The van der Waals surface area contributed by atoms with E-state index in [4.69, 9.17) is 4.74 Å². The second-order valence-electron chi connectivity index (χ2n) is 7.13. The summed E-state index contributed by atoms with van der Waals surface area (Å²) in [6, 6.07) is 12.4. The van der Waals surface area contributed by atoms with Gasteiger partial charge in [0.1, 0.15) is 17.1 Å². The van der Waals surface area contributed by atoms with Crippen molar-refractivity contribution in [2.24, 2.45) is 5.92 Å². The van der Waals surface area contributed by atoms with Crippen LogP contribution in [0.2, 0.25) is 0 Å². The van der Waals surface area contributed by atoms with Gasteiger partial charge in [-0.2, -0.15) is 5.10 Å². The number of hydrogen-bond acceptors (Lipinski definition) is 5. The van der Waals surface area contributed by atoms with Crippen LogP contribution < -0.4 is 10.1 Å². The first-order chi connectivity index (χ1) is 14.1. The van der Waals surface area contributed by atoms with Gasteiger partial charge in [-0.25, -0.2) is 0 Å². The smallest absolute Gasteiger partial charge is 0.258 e. The molecule has 29 heavy (non-hydrogen) atoms. The Morgan fingerprint density at radius 2 is 2.03 bits per heavy atom. The van der Waals surface area contributed by atoms with Crippen molar-refractivity contribution in [1.29, 1.82) is 0 Å². The Morgan fingerprint density at radius 3 is 2.83 bits per heavy atom. The molecule has 0 bridgehead atoms. The molecule has 1 saturated heterocycles. The van der Waals surface area contributed by atoms with Gasteiger partial charge in [0.2, 0.25) is 5.91 Å². The SMILES string of the molecule is COc1cccc(O)c1C(=O)NCC1CN(C(=O)Cc2[nH]nc3ccccc23)C1. The highest BCUT2D eigenvalue weighted by Gasteiger charge is 2.31. The Hall–Kier alpha value is -3.55. The molecule has 2 heterocycles. The second kappa shape index (κ2) is 7.83. The number of phenols is 1. The molecule has 2 aromatic carbocycles. The number of rotatable bonds is 6. The number of nitrogens with zero attached hydrogens (tertiary/aromatic N) is 2. The predicted molar refractivity (Wildman–Crippen MR) is 107 cm³/mol. The summed E-state index contributed by atoms with van der Waals surface area (Å²) in [4.78, 5) is 26.7. The van der Waals surface area contributed by atoms with Gasteiger partial charge in [0.15, 0.2) is 0 Å². The van der Waals surface area contributed by atoms with E-state index in [0.717, 1.165) is 16.6 Å². The van der Waals surface area contributed by atoms with Crippen LogP contribution in [0.25, 0.3) is 10.9 Å². The lowest BCUT2D eigenvalue weighted by Gasteiger charge is -2.39. The molecule has 8 heteroatoms. The molecule has 1 aliphatic rings. The fourth-order valence-electron chi connectivity index (χ4n) is 3.56. The average Bonchev–Trinajstić information content (AvgIpc) is 3.09. The predicted octanol–water partition coefficient (Wildman–Crippen LogP) is 1.71. The maximum atomic E-state index is 12.5. The third kappa shape index (κ3) is 3.73. The van der Waals surface area contributed by atoms with E-state index >= 15 is 0 Å². The second-order valence-corrected chi connectivity index (χ2v) is 7.13. The lowest BCUT2D eigenvalue weighted by atomic mass is 9.99.